The van der Waals surface area contributed by atoms with Crippen molar-refractivity contribution < 1.29 is 9.90 Å². The third-order valence-corrected chi connectivity index (χ3v) is 9.74. The molecule has 1 heterocycles. The largest absolute Gasteiger partial charge is 0.377 e. The lowest BCUT2D eigenvalue weighted by molar-refractivity contribution is -0.130. The van der Waals surface area contributed by atoms with Crippen molar-refractivity contribution in [2.75, 3.05) is 0 Å². The van der Waals surface area contributed by atoms with Crippen molar-refractivity contribution >= 4 is 5.78 Å². The highest BCUT2D eigenvalue weighted by Crippen LogP contribution is 2.63. The van der Waals surface area contributed by atoms with Crippen LogP contribution in [0.3, 0.4) is 0 Å². The van der Waals surface area contributed by atoms with E-state index in [1.807, 2.05) is 0 Å². The number of Topliss-reactive ketones (excluding diaryl/α,β-unsaturated/α-hetero) is 1. The zero-order chi connectivity index (χ0) is 21.9. The van der Waals surface area contributed by atoms with E-state index in [1.165, 1.54) is 36.1 Å². The third-order valence-electron chi connectivity index (χ3n) is 9.74. The Morgan fingerprint density at radius 1 is 1.12 bits per heavy atom. The molecule has 0 amide bonds. The number of ketones is 1. The molecule has 0 saturated heterocycles. The lowest BCUT2D eigenvalue weighted by Gasteiger charge is -2.54. The Labute approximate surface area is 191 Å². The van der Waals surface area contributed by atoms with Crippen LogP contribution in [0.1, 0.15) is 71.1 Å². The Morgan fingerprint density at radius 2 is 1.94 bits per heavy atom. The predicted octanol–water partition coefficient (Wildman–Crippen LogP) is 4.18. The SMILES string of the molecule is C[C@]12CC[C@H]3[C@@H](CC=C4C[C@](O)(C#CC5CC5)CC[C@@H]43)[C@@H]1CC[C@@H]2C(=O)Cn1nccn1. The fourth-order valence-corrected chi connectivity index (χ4v) is 7.97. The number of aromatic nitrogens is 3. The molecular weight excluding hydrogens is 398 g/mol. The van der Waals surface area contributed by atoms with E-state index in [1.54, 1.807) is 12.4 Å². The molecule has 6 rings (SSSR count). The summed E-state index contributed by atoms with van der Waals surface area (Å²) in [6.45, 7) is 2.70. The average molecular weight is 434 g/mol. The Hall–Kier alpha value is -1.93. The molecule has 1 aromatic rings. The summed E-state index contributed by atoms with van der Waals surface area (Å²) in [4.78, 5) is 14.7. The maximum Gasteiger partial charge on any atom is 0.159 e. The molecule has 4 saturated carbocycles. The second kappa shape index (κ2) is 7.55. The van der Waals surface area contributed by atoms with E-state index < -0.39 is 5.60 Å². The molecule has 0 radical (unpaired) electrons. The minimum Gasteiger partial charge on any atom is -0.377 e. The van der Waals surface area contributed by atoms with Crippen molar-refractivity contribution in [3.05, 3.63) is 24.0 Å². The van der Waals surface area contributed by atoms with Crippen molar-refractivity contribution in [2.24, 2.45) is 40.9 Å². The quantitative estimate of drug-likeness (QED) is 0.574. The first-order valence-electron chi connectivity index (χ1n) is 12.8. The Kier molecular flexibility index (Phi) is 4.88. The van der Waals surface area contributed by atoms with Crippen LogP contribution in [-0.2, 0) is 11.3 Å². The van der Waals surface area contributed by atoms with E-state index in [4.69, 9.17) is 0 Å². The van der Waals surface area contributed by atoms with Crippen LogP contribution in [0.25, 0.3) is 0 Å². The third kappa shape index (κ3) is 3.46. The maximum atomic E-state index is 13.2. The number of carbonyl (C=O) groups excluding carboxylic acids is 1. The average Bonchev–Trinajstić information content (AvgIpc) is 3.34. The number of nitrogens with zero attached hydrogens (tertiary/aromatic N) is 3. The summed E-state index contributed by atoms with van der Waals surface area (Å²) < 4.78 is 0. The first-order chi connectivity index (χ1) is 15.5. The zero-order valence-electron chi connectivity index (χ0n) is 19.2. The molecule has 0 spiro atoms. The van der Waals surface area contributed by atoms with Gasteiger partial charge < -0.3 is 5.11 Å². The van der Waals surface area contributed by atoms with Crippen molar-refractivity contribution in [3.63, 3.8) is 0 Å². The predicted molar refractivity (Wildman–Crippen MR) is 121 cm³/mol. The monoisotopic (exact) mass is 433 g/mol. The summed E-state index contributed by atoms with van der Waals surface area (Å²) in [7, 11) is 0. The van der Waals surface area contributed by atoms with Gasteiger partial charge >= 0.3 is 0 Å². The van der Waals surface area contributed by atoms with Crippen molar-refractivity contribution in [2.45, 2.75) is 83.3 Å². The molecule has 4 fully saturated rings. The van der Waals surface area contributed by atoms with Crippen LogP contribution in [0.4, 0.5) is 0 Å². The van der Waals surface area contributed by atoms with Gasteiger partial charge in [0.25, 0.3) is 0 Å². The first kappa shape index (κ1) is 20.7. The topological polar surface area (TPSA) is 68.0 Å². The van der Waals surface area contributed by atoms with Crippen LogP contribution in [0.5, 0.6) is 0 Å². The molecule has 0 aromatic carbocycles. The lowest BCUT2D eigenvalue weighted by Crippen LogP contribution is -2.48. The summed E-state index contributed by atoms with van der Waals surface area (Å²) in [5.41, 5.74) is 0.790. The van der Waals surface area contributed by atoms with Gasteiger partial charge in [0.15, 0.2) is 5.78 Å². The summed E-state index contributed by atoms with van der Waals surface area (Å²) in [5.74, 6) is 10.2. The van der Waals surface area contributed by atoms with Crippen LogP contribution in [0.2, 0.25) is 0 Å². The van der Waals surface area contributed by atoms with E-state index >= 15 is 0 Å². The molecule has 5 nitrogen and oxygen atoms in total. The summed E-state index contributed by atoms with van der Waals surface area (Å²) in [6.07, 6.45) is 16.5. The molecule has 0 unspecified atom stereocenters. The molecule has 5 heteroatoms. The van der Waals surface area contributed by atoms with Gasteiger partial charge in [0.2, 0.25) is 0 Å². The van der Waals surface area contributed by atoms with Crippen LogP contribution in [0, 0.1) is 52.8 Å². The van der Waals surface area contributed by atoms with E-state index in [0.717, 1.165) is 44.4 Å². The number of rotatable bonds is 3. The molecule has 1 N–H and O–H groups in total. The summed E-state index contributed by atoms with van der Waals surface area (Å²) in [6, 6.07) is 0. The van der Waals surface area contributed by atoms with Crippen molar-refractivity contribution in [1.29, 1.82) is 0 Å². The number of hydrogen-bond acceptors (Lipinski definition) is 4. The van der Waals surface area contributed by atoms with Crippen LogP contribution < -0.4 is 0 Å². The second-order valence-electron chi connectivity index (χ2n) is 11.5. The molecule has 5 aliphatic rings. The van der Waals surface area contributed by atoms with Gasteiger partial charge in [0.05, 0.1) is 12.4 Å². The van der Waals surface area contributed by atoms with Gasteiger partial charge in [-0.25, -0.2) is 0 Å². The van der Waals surface area contributed by atoms with Gasteiger partial charge in [-0.15, -0.1) is 0 Å². The highest BCUT2D eigenvalue weighted by molar-refractivity contribution is 5.82. The van der Waals surface area contributed by atoms with Crippen LogP contribution >= 0.6 is 0 Å². The smallest absolute Gasteiger partial charge is 0.159 e. The molecular formula is C27H35N3O2. The Balaban J connectivity index is 1.18. The first-order valence-corrected chi connectivity index (χ1v) is 12.8. The molecule has 1 aromatic heterocycles. The summed E-state index contributed by atoms with van der Waals surface area (Å²) >= 11 is 0. The molecule has 0 aliphatic heterocycles. The van der Waals surface area contributed by atoms with Crippen LogP contribution in [-0.4, -0.2) is 31.5 Å². The number of aliphatic hydroxyl groups is 1. The Morgan fingerprint density at radius 3 is 2.72 bits per heavy atom. The zero-order valence-corrected chi connectivity index (χ0v) is 19.2. The van der Waals surface area contributed by atoms with Gasteiger partial charge in [0, 0.05) is 18.3 Å². The van der Waals surface area contributed by atoms with Gasteiger partial charge in [-0.2, -0.15) is 15.0 Å². The standard InChI is InChI=1S/C27H35N3O2/c1-26-11-9-21-20-10-13-27(32,12-8-18-2-3-18)16-19(20)4-5-22(21)23(26)6-7-24(26)25(31)17-30-28-14-15-29-30/h4,14-15,18,20-24,32H,2-3,5-7,9-11,13,16-17H2,1H3/t20-,21+,22+,23-,24+,26-,27-/m0/s1. The Bertz CT molecular complexity index is 984. The number of hydrogen-bond donors (Lipinski definition) is 1. The maximum absolute atomic E-state index is 13.2. The lowest BCUT2D eigenvalue weighted by atomic mass is 9.51. The molecule has 170 valence electrons. The molecule has 0 bridgehead atoms. The van der Waals surface area contributed by atoms with Crippen molar-refractivity contribution in [1.82, 2.24) is 15.0 Å². The van der Waals surface area contributed by atoms with E-state index in [-0.39, 0.29) is 11.3 Å². The van der Waals surface area contributed by atoms with Crippen molar-refractivity contribution in [3.8, 4) is 11.8 Å². The minimum absolute atomic E-state index is 0.113. The van der Waals surface area contributed by atoms with E-state index in [9.17, 15) is 9.90 Å². The minimum atomic E-state index is -0.799. The van der Waals surface area contributed by atoms with Crippen LogP contribution in [0.15, 0.2) is 24.0 Å². The normalized spacial score (nSPS) is 42.7. The highest BCUT2D eigenvalue weighted by atomic mass is 16.3. The van der Waals surface area contributed by atoms with Gasteiger partial charge in [-0.05, 0) is 86.9 Å². The fourth-order valence-electron chi connectivity index (χ4n) is 7.97. The highest BCUT2D eigenvalue weighted by Gasteiger charge is 2.57. The molecule has 5 aliphatic carbocycles. The number of allylic oxidation sites excluding steroid dienone is 1. The van der Waals surface area contributed by atoms with E-state index in [2.05, 4.69) is 35.0 Å². The van der Waals surface area contributed by atoms with Gasteiger partial charge in [-0.1, -0.05) is 30.4 Å². The molecule has 7 atom stereocenters. The van der Waals surface area contributed by atoms with E-state index in [0.29, 0.717) is 36.0 Å². The number of carbonyl (C=O) groups is 1. The second-order valence-corrected chi connectivity index (χ2v) is 11.5. The fraction of sp³-hybridized carbons (Fsp3) is 0.741. The van der Waals surface area contributed by atoms with Gasteiger partial charge in [-0.3, -0.25) is 4.79 Å². The molecule has 32 heavy (non-hydrogen) atoms. The number of fused-ring (bicyclic) bond motifs is 5. The summed E-state index contributed by atoms with van der Waals surface area (Å²) in [5, 5.41) is 19.4. The van der Waals surface area contributed by atoms with Gasteiger partial charge in [0.1, 0.15) is 12.1 Å².